The van der Waals surface area contributed by atoms with Crippen LogP contribution in [0.1, 0.15) is 277 Å². The number of nitrogens with one attached hydrogen (secondary N) is 1. The van der Waals surface area contributed by atoms with Crippen molar-refractivity contribution >= 4 is 58.6 Å². The lowest BCUT2D eigenvalue weighted by atomic mass is 9.46. The van der Waals surface area contributed by atoms with E-state index in [1.54, 1.807) is 6.92 Å². The van der Waals surface area contributed by atoms with Gasteiger partial charge in [-0.15, -0.1) is 12.4 Å². The number of ketones is 7. The first-order chi connectivity index (χ1) is 46.8. The second-order valence-corrected chi connectivity index (χ2v) is 36.5. The van der Waals surface area contributed by atoms with Crippen molar-refractivity contribution in [2.24, 2.45) is 98.7 Å². The number of morpholine rings is 1. The van der Waals surface area contributed by atoms with Gasteiger partial charge in [0.15, 0.2) is 28.9 Å². The number of hydrogen-bond donors (Lipinski definition) is 2. The zero-order chi connectivity index (χ0) is 80.0. The molecule has 7 rings (SSSR count). The van der Waals surface area contributed by atoms with E-state index in [4.69, 9.17) is 15.3 Å². The zero-order valence-corrected chi connectivity index (χ0v) is 79.4. The van der Waals surface area contributed by atoms with Crippen LogP contribution in [0.15, 0.2) is 16.8 Å². The summed E-state index contributed by atoms with van der Waals surface area (Å²) < 4.78 is 6.90. The smallest absolute Gasteiger partial charge is 0.192 e. The number of rotatable bonds is 20. The summed E-state index contributed by atoms with van der Waals surface area (Å²) in [7, 11) is 14.2. The zero-order valence-electron chi connectivity index (χ0n) is 74.3. The van der Waals surface area contributed by atoms with E-state index in [1.165, 1.54) is 69.2 Å². The fourth-order valence-electron chi connectivity index (χ4n) is 14.0. The number of carbonyl (C=O) groups excluding carboxylic acids is 7. The monoisotopic (exact) mass is 1730 g/mol. The Morgan fingerprint density at radius 2 is 1.20 bits per heavy atom. The first-order valence-electron chi connectivity index (χ1n) is 40.5. The molecule has 3 saturated carbocycles. The Bertz CT molecular complexity index is 2420. The summed E-state index contributed by atoms with van der Waals surface area (Å²) in [5.41, 5.74) is 8.94. The predicted octanol–water partition coefficient (Wildman–Crippen LogP) is 11.3. The Labute approximate surface area is 688 Å². The molecule has 19 heteroatoms. The number of quaternary nitrogens is 2. The number of halogens is 3. The topological polar surface area (TPSA) is 195 Å². The number of ether oxygens (including phenoxy) is 1. The maximum Gasteiger partial charge on any atom is 0.192 e. The molecular formula is C86H170ClI2N7O9. The standard InChI is InChI=1S/C24H37NO2.C10H20NO.C9H19NO.C8H15NO.C8H18NO.C8H17NO.C7H15NO.C5H10O.C4H10.C3H8.ClH.2HI/c1-15(2)27-25-16(3)20-8-9-21-19-7-6-17-14-18(26)10-12-23(17,4)22(19)11-13-24(20,21)5;1-8(2)10(12)9-6-5-7-11(9,3)4;1-9(2)3-4-10-5-7-11-8-6-10;1-6(2)8(10)7-4-3-5-9-7;1-7(2)8(10)6-9(3,4)5;1-5(2)7(9)8(10)6(3)4;1-6(2)7(9)5-8(3)4;1-4(2)5(3)6;1-4(2)3;1-3-2;;;/h14-15,19-22H,6-13H2,1-5H3;8-9H,5-7H2,1-4H3;9H,3-8H2,1-2H3;6-7,9H,3-5H2,1-2H3;7H,6H2,1-5H3;5-7H,9H2,1-4H3;6H,5H2,1-4H3;4H,1-3H3;4H,1-3H3;3H2,1-2H3;3*1H/q;+1;;;+1;;;;;;;;/p-2/b25-16+;;;;;;;;;;;;/t19-,20+,21-,22-,23-,24+;9-;;7-;;7-;;;;;;;/m01.1.1......./s1. The van der Waals surface area contributed by atoms with Crippen LogP contribution in [0, 0.1) is 87.8 Å². The number of Topliss-reactive ketones (excluding diaryl/α,β-unsaturated/α-hetero) is 6. The molecule has 0 spiro atoms. The highest BCUT2D eigenvalue weighted by molar-refractivity contribution is 5.92. The SMILES string of the molecule is C/C(=N\OC(C)C)[C@H]1CC[C@H]2[C@@H]3CCC4=CC(=O)CC[C@]4(C)[C@H]3CC[C@]12C.CC(=O)C(C)C.CC(C)C.CC(C)C(=O)CN(C)C.CC(C)C(=O)C[N+](C)(C)C.CC(C)C(=O)[C@H](N)C(C)C.CC(C)C(=O)[C@H]1CCCN1.CC(C)C(=O)[C@H]1CCC[N+]1(C)C.CC(C)CCN1CCOCC1.CCC.Cl.[I-].[I-]. The summed E-state index contributed by atoms with van der Waals surface area (Å²) in [6.45, 7) is 64.1. The van der Waals surface area contributed by atoms with Gasteiger partial charge in [0.05, 0.1) is 79.3 Å². The number of likely N-dealkylation sites (tertiary alicyclic amines) is 1. The van der Waals surface area contributed by atoms with Crippen LogP contribution in [0.2, 0.25) is 0 Å². The van der Waals surface area contributed by atoms with Crippen molar-refractivity contribution in [1.29, 1.82) is 0 Å². The number of allylic oxidation sites excluding steroid dienone is 1. The van der Waals surface area contributed by atoms with E-state index in [0.29, 0.717) is 53.3 Å². The molecule has 0 amide bonds. The van der Waals surface area contributed by atoms with Crippen LogP contribution in [0.3, 0.4) is 0 Å². The van der Waals surface area contributed by atoms with Crippen molar-refractivity contribution in [3.63, 3.8) is 0 Å². The highest BCUT2D eigenvalue weighted by Crippen LogP contribution is 2.66. The van der Waals surface area contributed by atoms with E-state index in [9.17, 15) is 33.6 Å². The lowest BCUT2D eigenvalue weighted by Gasteiger charge is -2.58. The predicted molar refractivity (Wildman–Crippen MR) is 440 cm³/mol. The molecule has 3 heterocycles. The fraction of sp³-hybridized carbons (Fsp3) is 0.884. The Kier molecular flexibility index (Phi) is 63.4. The highest BCUT2D eigenvalue weighted by Gasteiger charge is 2.59. The van der Waals surface area contributed by atoms with Crippen LogP contribution < -0.4 is 59.0 Å². The van der Waals surface area contributed by atoms with E-state index in [0.717, 1.165) is 116 Å². The Hall–Kier alpha value is -1.63. The minimum absolute atomic E-state index is 0. The molecule has 0 aromatic carbocycles. The average molecular weight is 1740 g/mol. The van der Waals surface area contributed by atoms with Crippen molar-refractivity contribution in [3.8, 4) is 0 Å². The van der Waals surface area contributed by atoms with Gasteiger partial charge in [0, 0.05) is 73.8 Å². The van der Waals surface area contributed by atoms with Gasteiger partial charge in [-0.05, 0) is 172 Å². The number of carbonyl (C=O) groups is 7. The molecule has 0 radical (unpaired) electrons. The Balaban J connectivity index is -0.000000274. The summed E-state index contributed by atoms with van der Waals surface area (Å²) in [5.74, 6) is 8.16. The third kappa shape index (κ3) is 47.5. The van der Waals surface area contributed by atoms with Crippen LogP contribution >= 0.6 is 12.4 Å². The summed E-state index contributed by atoms with van der Waals surface area (Å²) in [6.07, 6.45) is 18.7. The maximum absolute atomic E-state index is 12.0. The van der Waals surface area contributed by atoms with E-state index in [2.05, 4.69) is 98.7 Å². The van der Waals surface area contributed by atoms with E-state index in [-0.39, 0.29) is 143 Å². The van der Waals surface area contributed by atoms with Crippen LogP contribution in [-0.4, -0.2) is 198 Å². The van der Waals surface area contributed by atoms with Crippen molar-refractivity contribution in [3.05, 3.63) is 11.6 Å². The van der Waals surface area contributed by atoms with Crippen molar-refractivity contribution in [1.82, 2.24) is 15.1 Å². The van der Waals surface area contributed by atoms with Gasteiger partial charge in [-0.25, -0.2) is 0 Å². The van der Waals surface area contributed by atoms with Crippen molar-refractivity contribution < 1.29 is 100 Å². The quantitative estimate of drug-likeness (QED) is 0.0506. The summed E-state index contributed by atoms with van der Waals surface area (Å²) in [5, 5.41) is 7.69. The number of nitrogens with zero attached hydrogens (tertiary/aromatic N) is 5. The molecule has 105 heavy (non-hydrogen) atoms. The number of hydrogen-bond acceptors (Lipinski definition) is 14. The molecule has 6 fully saturated rings. The minimum atomic E-state index is -0.278. The third-order valence-electron chi connectivity index (χ3n) is 20.7. The number of nitrogens with two attached hydrogens (primary N) is 1. The molecule has 0 aromatic rings. The van der Waals surface area contributed by atoms with Gasteiger partial charge >= 0.3 is 0 Å². The third-order valence-corrected chi connectivity index (χ3v) is 20.7. The number of fused-ring (bicyclic) bond motifs is 5. The molecule has 0 unspecified atom stereocenters. The van der Waals surface area contributed by atoms with Crippen LogP contribution in [0.5, 0.6) is 0 Å². The minimum Gasteiger partial charge on any atom is -1.00 e. The van der Waals surface area contributed by atoms with Gasteiger partial charge in [-0.2, -0.15) is 0 Å². The molecule has 7 aliphatic rings. The van der Waals surface area contributed by atoms with Crippen LogP contribution in [-0.2, 0) is 43.1 Å². The lowest BCUT2D eigenvalue weighted by molar-refractivity contribution is -0.893. The molecular weight excluding hydrogens is 1560 g/mol. The summed E-state index contributed by atoms with van der Waals surface area (Å²) in [6, 6.07) is 0.157. The van der Waals surface area contributed by atoms with Gasteiger partial charge in [0.2, 0.25) is 0 Å². The molecule has 0 aromatic heterocycles. The van der Waals surface area contributed by atoms with Crippen LogP contribution in [0.4, 0.5) is 0 Å². The normalized spacial score (nSPS) is 23.8. The molecule has 0 bridgehead atoms. The van der Waals surface area contributed by atoms with Crippen molar-refractivity contribution in [2.75, 3.05) is 108 Å². The van der Waals surface area contributed by atoms with Gasteiger partial charge < -0.3 is 82.4 Å². The molecule has 3 aliphatic heterocycles. The molecule has 16 nitrogen and oxygen atoms in total. The first kappa shape index (κ1) is 114. The van der Waals surface area contributed by atoms with Gasteiger partial charge in [-0.3, -0.25) is 38.5 Å². The van der Waals surface area contributed by atoms with E-state index < -0.39 is 0 Å². The van der Waals surface area contributed by atoms with Crippen LogP contribution in [0.25, 0.3) is 0 Å². The highest BCUT2D eigenvalue weighted by atomic mass is 127. The molecule has 4 aliphatic carbocycles. The number of likely N-dealkylation sites (N-methyl/N-ethyl adjacent to an activating group) is 3. The van der Waals surface area contributed by atoms with E-state index in [1.807, 2.05) is 157 Å². The number of oxime groups is 1. The maximum atomic E-state index is 12.0. The van der Waals surface area contributed by atoms with Crippen molar-refractivity contribution in [2.45, 2.75) is 301 Å². The fourth-order valence-corrected chi connectivity index (χ4v) is 14.0. The largest absolute Gasteiger partial charge is 1.00 e. The molecule has 9 atom stereocenters. The first-order valence-corrected chi connectivity index (χ1v) is 40.5. The Morgan fingerprint density at radius 3 is 1.55 bits per heavy atom. The lowest BCUT2D eigenvalue weighted by Crippen LogP contribution is -3.00. The van der Waals surface area contributed by atoms with Gasteiger partial charge in [0.25, 0.3) is 0 Å². The second-order valence-electron chi connectivity index (χ2n) is 36.5. The van der Waals surface area contributed by atoms with Gasteiger partial charge in [-0.1, -0.05) is 176 Å². The average Bonchev–Trinajstić information content (AvgIpc) is 1.64. The summed E-state index contributed by atoms with van der Waals surface area (Å²) >= 11 is 0. The Morgan fingerprint density at radius 1 is 0.695 bits per heavy atom. The van der Waals surface area contributed by atoms with Gasteiger partial charge in [0.1, 0.15) is 30.3 Å². The molecule has 624 valence electrons. The van der Waals surface area contributed by atoms with E-state index >= 15 is 0 Å². The molecule has 3 saturated heterocycles. The molecule has 3 N–H and O–H groups in total. The second kappa shape index (κ2) is 58.3. The summed E-state index contributed by atoms with van der Waals surface area (Å²) in [4.78, 5) is 88.3.